The molecule has 0 aromatic heterocycles. The Morgan fingerprint density at radius 1 is 1.60 bits per heavy atom. The van der Waals surface area contributed by atoms with Crippen LogP contribution in [0.1, 0.15) is 6.92 Å². The Labute approximate surface area is 64.9 Å². The Kier molecular flexibility index (Phi) is 11.5. The van der Waals surface area contributed by atoms with E-state index in [0.29, 0.717) is 6.61 Å². The summed E-state index contributed by atoms with van der Waals surface area (Å²) in [5, 5.41) is 8.43. The van der Waals surface area contributed by atoms with Gasteiger partial charge in [-0.3, -0.25) is 4.21 Å². The van der Waals surface area contributed by atoms with Gasteiger partial charge >= 0.3 is 0 Å². The van der Waals surface area contributed by atoms with Gasteiger partial charge in [0, 0.05) is 30.4 Å². The van der Waals surface area contributed by atoms with Gasteiger partial charge in [0.25, 0.3) is 0 Å². The fourth-order valence-corrected chi connectivity index (χ4v) is 0.241. The first-order chi connectivity index (χ1) is 4.50. The summed E-state index contributed by atoms with van der Waals surface area (Å²) in [6.07, 6.45) is 2.95. The molecule has 3 nitrogen and oxygen atoms in total. The van der Waals surface area contributed by atoms with Crippen LogP contribution < -0.4 is 0 Å². The van der Waals surface area contributed by atoms with E-state index in [1.165, 1.54) is 0 Å². The first-order valence-electron chi connectivity index (χ1n) is 2.92. The number of aliphatic hydroxyl groups is 1. The number of ether oxygens (including phenoxy) is 1. The monoisotopic (exact) mass is 168 g/mol. The lowest BCUT2D eigenvalue weighted by atomic mass is 10.5. The molecule has 0 heterocycles. The largest absolute Gasteiger partial charge is 0.391 e. The first-order valence-corrected chi connectivity index (χ1v) is 4.89. The fourth-order valence-electron chi connectivity index (χ4n) is 0.241. The van der Waals surface area contributed by atoms with Gasteiger partial charge in [0.2, 0.25) is 0 Å². The van der Waals surface area contributed by atoms with Gasteiger partial charge in [-0.2, -0.15) is 0 Å². The molecule has 0 fully saturated rings. The topological polar surface area (TPSA) is 46.5 Å². The molecular weight excluding hydrogens is 152 g/mol. The van der Waals surface area contributed by atoms with Gasteiger partial charge in [-0.1, -0.05) is 0 Å². The van der Waals surface area contributed by atoms with Gasteiger partial charge in [-0.05, 0) is 6.92 Å². The highest BCUT2D eigenvalue weighted by Crippen LogP contribution is 1.75. The van der Waals surface area contributed by atoms with E-state index in [0.717, 1.165) is 0 Å². The lowest BCUT2D eigenvalue weighted by Gasteiger charge is -1.97. The van der Waals surface area contributed by atoms with E-state index < -0.39 is 10.8 Å². The van der Waals surface area contributed by atoms with Gasteiger partial charge in [0.05, 0.1) is 12.7 Å². The highest BCUT2D eigenvalue weighted by molar-refractivity contribution is 7.83. The Hall–Kier alpha value is 0.0700. The third-order valence-electron chi connectivity index (χ3n) is 0.408. The summed E-state index contributed by atoms with van der Waals surface area (Å²) < 4.78 is 14.1. The Morgan fingerprint density at radius 2 is 1.90 bits per heavy atom. The Bertz CT molecular complexity index is 79.1. The second kappa shape index (κ2) is 9.07. The molecular formula is C6H16O3S. The third-order valence-corrected chi connectivity index (χ3v) is 0.408. The van der Waals surface area contributed by atoms with Crippen molar-refractivity contribution < 1.29 is 14.1 Å². The molecule has 0 bridgehead atoms. The van der Waals surface area contributed by atoms with E-state index in [1.807, 2.05) is 0 Å². The Balaban J connectivity index is 0. The van der Waals surface area contributed by atoms with Crippen molar-refractivity contribution in [2.75, 3.05) is 26.2 Å². The van der Waals surface area contributed by atoms with Gasteiger partial charge < -0.3 is 9.84 Å². The van der Waals surface area contributed by atoms with E-state index in [1.54, 1.807) is 26.5 Å². The Morgan fingerprint density at radius 3 is 1.90 bits per heavy atom. The maximum Gasteiger partial charge on any atom is 0.0745 e. The maximum atomic E-state index is 9.56. The van der Waals surface area contributed by atoms with Crippen LogP contribution in [-0.4, -0.2) is 41.6 Å². The van der Waals surface area contributed by atoms with E-state index in [-0.39, 0.29) is 6.10 Å². The minimum Gasteiger partial charge on any atom is -0.391 e. The van der Waals surface area contributed by atoms with Crippen molar-refractivity contribution in [3.63, 3.8) is 0 Å². The molecule has 0 aliphatic carbocycles. The summed E-state index contributed by atoms with van der Waals surface area (Å²) in [6, 6.07) is 0. The van der Waals surface area contributed by atoms with Crippen molar-refractivity contribution in [2.45, 2.75) is 13.0 Å². The summed E-state index contributed by atoms with van der Waals surface area (Å²) in [7, 11) is 0.951. The second-order valence-electron chi connectivity index (χ2n) is 2.05. The van der Waals surface area contributed by atoms with Crippen LogP contribution in [0.2, 0.25) is 0 Å². The predicted octanol–water partition coefficient (Wildman–Crippen LogP) is 0.00830. The lowest BCUT2D eigenvalue weighted by Crippen LogP contribution is -2.07. The normalized spacial score (nSPS) is 12.2. The van der Waals surface area contributed by atoms with Gasteiger partial charge in [-0.15, -0.1) is 0 Å². The molecule has 0 saturated heterocycles. The summed E-state index contributed by atoms with van der Waals surface area (Å²) in [6.45, 7) is 2.11. The average Bonchev–Trinajstić information content (AvgIpc) is 1.62. The standard InChI is InChI=1S/C4H10O2.C2H6OS/c1-4(5)3-6-2;1-4(2)3/h4-5H,3H2,1-2H3;1-2H3. The van der Waals surface area contributed by atoms with Crippen LogP contribution >= 0.6 is 0 Å². The van der Waals surface area contributed by atoms with Gasteiger partial charge in [0.15, 0.2) is 0 Å². The van der Waals surface area contributed by atoms with Crippen LogP contribution in [0.4, 0.5) is 0 Å². The quantitative estimate of drug-likeness (QED) is 0.631. The second-order valence-corrected chi connectivity index (χ2v) is 3.53. The molecule has 10 heavy (non-hydrogen) atoms. The lowest BCUT2D eigenvalue weighted by molar-refractivity contribution is 0.0765. The average molecular weight is 168 g/mol. The molecule has 1 N–H and O–H groups in total. The molecule has 64 valence electrons. The van der Waals surface area contributed by atoms with E-state index in [4.69, 9.17) is 5.11 Å². The fraction of sp³-hybridized carbons (Fsp3) is 1.00. The zero-order valence-corrected chi connectivity index (χ0v) is 7.77. The predicted molar refractivity (Wildman–Crippen MR) is 43.5 cm³/mol. The number of rotatable bonds is 2. The molecule has 0 radical (unpaired) electrons. The number of methoxy groups -OCH3 is 1. The SMILES string of the molecule is COCC(C)O.CS(C)=O. The molecule has 1 atom stereocenters. The van der Waals surface area contributed by atoms with Crippen molar-refractivity contribution in [2.24, 2.45) is 0 Å². The summed E-state index contributed by atoms with van der Waals surface area (Å²) >= 11 is 0. The van der Waals surface area contributed by atoms with Crippen molar-refractivity contribution in [1.82, 2.24) is 0 Å². The smallest absolute Gasteiger partial charge is 0.0745 e. The summed E-state index contributed by atoms with van der Waals surface area (Å²) in [5.41, 5.74) is 0. The zero-order valence-electron chi connectivity index (χ0n) is 6.96. The van der Waals surface area contributed by atoms with Crippen LogP contribution in [0.25, 0.3) is 0 Å². The molecule has 0 spiro atoms. The minimum absolute atomic E-state index is 0.324. The number of hydrogen-bond acceptors (Lipinski definition) is 3. The van der Waals surface area contributed by atoms with Crippen LogP contribution in [0.3, 0.4) is 0 Å². The molecule has 4 heteroatoms. The molecule has 0 aliphatic rings. The molecule has 0 aromatic rings. The van der Waals surface area contributed by atoms with E-state index >= 15 is 0 Å². The summed E-state index contributed by atoms with van der Waals surface area (Å²) in [4.78, 5) is 0. The third kappa shape index (κ3) is 42.8. The van der Waals surface area contributed by atoms with Crippen LogP contribution in [-0.2, 0) is 15.5 Å². The highest BCUT2D eigenvalue weighted by atomic mass is 32.2. The highest BCUT2D eigenvalue weighted by Gasteiger charge is 1.87. The van der Waals surface area contributed by atoms with Crippen LogP contribution in [0, 0.1) is 0 Å². The number of hydrogen-bond donors (Lipinski definition) is 1. The molecule has 0 aromatic carbocycles. The van der Waals surface area contributed by atoms with E-state index in [9.17, 15) is 4.21 Å². The summed E-state index contributed by atoms with van der Waals surface area (Å²) in [5.74, 6) is 0. The molecule has 0 saturated carbocycles. The van der Waals surface area contributed by atoms with Crippen LogP contribution in [0.15, 0.2) is 0 Å². The van der Waals surface area contributed by atoms with Gasteiger partial charge in [0.1, 0.15) is 0 Å². The molecule has 0 rings (SSSR count). The minimum atomic E-state index is -0.611. The molecule has 0 amide bonds. The van der Waals surface area contributed by atoms with Gasteiger partial charge in [-0.25, -0.2) is 0 Å². The van der Waals surface area contributed by atoms with Crippen molar-refractivity contribution in [1.29, 1.82) is 0 Å². The molecule has 0 aliphatic heterocycles. The molecule has 1 unspecified atom stereocenters. The number of aliphatic hydroxyl groups excluding tert-OH is 1. The van der Waals surface area contributed by atoms with Crippen molar-refractivity contribution in [3.05, 3.63) is 0 Å². The van der Waals surface area contributed by atoms with Crippen molar-refractivity contribution in [3.8, 4) is 0 Å². The maximum absolute atomic E-state index is 9.56. The van der Waals surface area contributed by atoms with E-state index in [2.05, 4.69) is 4.74 Å². The first kappa shape index (κ1) is 12.7. The zero-order chi connectivity index (χ0) is 8.57. The van der Waals surface area contributed by atoms with Crippen molar-refractivity contribution >= 4 is 10.8 Å². The van der Waals surface area contributed by atoms with Crippen LogP contribution in [0.5, 0.6) is 0 Å².